The molecule has 0 heterocycles. The molecule has 0 radical (unpaired) electrons. The summed E-state index contributed by atoms with van der Waals surface area (Å²) in [6.07, 6.45) is 33.2. The van der Waals surface area contributed by atoms with Crippen molar-refractivity contribution in [2.24, 2.45) is 0 Å². The molecule has 47 heavy (non-hydrogen) atoms. The molecule has 0 N–H and O–H groups in total. The highest BCUT2D eigenvalue weighted by molar-refractivity contribution is 5.70. The fourth-order valence-electron chi connectivity index (χ4n) is 6.39. The van der Waals surface area contributed by atoms with E-state index in [1.807, 2.05) is 0 Å². The van der Waals surface area contributed by atoms with E-state index >= 15 is 0 Å². The number of esters is 2. The molecule has 0 saturated carbocycles. The second kappa shape index (κ2) is 32.1. The van der Waals surface area contributed by atoms with Gasteiger partial charge in [0.2, 0.25) is 0 Å². The molecule has 0 unspecified atom stereocenters. The van der Waals surface area contributed by atoms with Gasteiger partial charge in [0.15, 0.2) is 0 Å². The van der Waals surface area contributed by atoms with E-state index in [1.165, 1.54) is 128 Å². The Labute approximate surface area is 294 Å². The quantitative estimate of drug-likeness (QED) is 0.0379. The molecule has 0 aliphatic rings. The molecule has 280 valence electrons. The topological polar surface area (TPSA) is 52.6 Å². The molecule has 6 nitrogen and oxygen atoms in total. The SMILES string of the molecule is CCCCCCCCCCCCCCOC(=O)CC[N+](C)(CCC[N+](C)(C)C)CCC(=O)OCCCCCCCCCCCCCC. The van der Waals surface area contributed by atoms with E-state index in [0.717, 1.165) is 49.7 Å². The van der Waals surface area contributed by atoms with Crippen LogP contribution in [0.5, 0.6) is 0 Å². The lowest BCUT2D eigenvalue weighted by Gasteiger charge is -2.35. The van der Waals surface area contributed by atoms with E-state index in [0.29, 0.717) is 43.6 Å². The maximum atomic E-state index is 12.6. The third-order valence-electron chi connectivity index (χ3n) is 9.76. The zero-order valence-electron chi connectivity index (χ0n) is 32.9. The van der Waals surface area contributed by atoms with Gasteiger partial charge in [-0.1, -0.05) is 155 Å². The summed E-state index contributed by atoms with van der Waals surface area (Å²) in [6, 6.07) is 0. The Morgan fingerprint density at radius 3 is 0.979 bits per heavy atom. The second-order valence-corrected chi connectivity index (χ2v) is 15.9. The number of hydrogen-bond donors (Lipinski definition) is 0. The summed E-state index contributed by atoms with van der Waals surface area (Å²) in [6.45, 7) is 9.05. The average molecular weight is 669 g/mol. The summed E-state index contributed by atoms with van der Waals surface area (Å²) in [5, 5.41) is 0. The van der Waals surface area contributed by atoms with Crippen LogP contribution < -0.4 is 0 Å². The second-order valence-electron chi connectivity index (χ2n) is 15.9. The molecular formula is C41H84N2O4+2. The van der Waals surface area contributed by atoms with Gasteiger partial charge in [0.05, 0.1) is 80.4 Å². The molecule has 0 aliphatic heterocycles. The molecule has 0 spiro atoms. The van der Waals surface area contributed by atoms with E-state index in [2.05, 4.69) is 42.0 Å². The molecule has 0 aromatic carbocycles. The van der Waals surface area contributed by atoms with Crippen LogP contribution in [0.15, 0.2) is 0 Å². The van der Waals surface area contributed by atoms with Crippen molar-refractivity contribution in [1.29, 1.82) is 0 Å². The first-order valence-corrected chi connectivity index (χ1v) is 20.6. The van der Waals surface area contributed by atoms with Gasteiger partial charge in [-0.2, -0.15) is 0 Å². The summed E-state index contributed by atoms with van der Waals surface area (Å²) in [5.74, 6) is -0.197. The Balaban J connectivity index is 4.12. The molecule has 0 saturated heterocycles. The number of carbonyl (C=O) groups is 2. The minimum Gasteiger partial charge on any atom is -0.466 e. The first kappa shape index (κ1) is 45.9. The maximum Gasteiger partial charge on any atom is 0.311 e. The summed E-state index contributed by atoms with van der Waals surface area (Å²) in [5.41, 5.74) is 0. The Hall–Kier alpha value is -1.14. The third-order valence-corrected chi connectivity index (χ3v) is 9.76. The number of quaternary nitrogens is 2. The molecule has 0 fully saturated rings. The smallest absolute Gasteiger partial charge is 0.311 e. The van der Waals surface area contributed by atoms with Crippen molar-refractivity contribution in [3.05, 3.63) is 0 Å². The predicted octanol–water partition coefficient (Wildman–Crippen LogP) is 10.8. The molecule has 0 bridgehead atoms. The lowest BCUT2D eigenvalue weighted by molar-refractivity contribution is -0.916. The van der Waals surface area contributed by atoms with Gasteiger partial charge in [0.25, 0.3) is 0 Å². The van der Waals surface area contributed by atoms with Gasteiger partial charge in [-0.25, -0.2) is 0 Å². The van der Waals surface area contributed by atoms with Crippen molar-refractivity contribution in [2.45, 2.75) is 187 Å². The van der Waals surface area contributed by atoms with Crippen LogP contribution in [0.1, 0.15) is 187 Å². The number of rotatable bonds is 36. The normalized spacial score (nSPS) is 12.0. The highest BCUT2D eigenvalue weighted by Crippen LogP contribution is 2.15. The molecule has 0 rings (SSSR count). The van der Waals surface area contributed by atoms with Crippen molar-refractivity contribution in [3.8, 4) is 0 Å². The van der Waals surface area contributed by atoms with Crippen LogP contribution in [0, 0.1) is 0 Å². The number of nitrogens with zero attached hydrogens (tertiary/aromatic N) is 2. The van der Waals surface area contributed by atoms with E-state index in [1.54, 1.807) is 0 Å². The largest absolute Gasteiger partial charge is 0.466 e. The van der Waals surface area contributed by atoms with Crippen LogP contribution in [0.2, 0.25) is 0 Å². The van der Waals surface area contributed by atoms with Crippen molar-refractivity contribution < 1.29 is 28.0 Å². The Morgan fingerprint density at radius 1 is 0.383 bits per heavy atom. The molecule has 6 heteroatoms. The van der Waals surface area contributed by atoms with Crippen molar-refractivity contribution in [3.63, 3.8) is 0 Å². The average Bonchev–Trinajstić information content (AvgIpc) is 3.03. The van der Waals surface area contributed by atoms with Gasteiger partial charge in [0.1, 0.15) is 0 Å². The minimum atomic E-state index is -0.0985. The number of carbonyl (C=O) groups excluding carboxylic acids is 2. The predicted molar refractivity (Wildman–Crippen MR) is 202 cm³/mol. The maximum absolute atomic E-state index is 12.6. The van der Waals surface area contributed by atoms with Gasteiger partial charge in [-0.15, -0.1) is 0 Å². The van der Waals surface area contributed by atoms with Crippen molar-refractivity contribution in [1.82, 2.24) is 0 Å². The Kier molecular flexibility index (Phi) is 31.3. The first-order valence-electron chi connectivity index (χ1n) is 20.6. The van der Waals surface area contributed by atoms with Gasteiger partial charge in [-0.05, 0) is 12.8 Å². The van der Waals surface area contributed by atoms with Crippen LogP contribution >= 0.6 is 0 Å². The molecule has 0 aliphatic carbocycles. The van der Waals surface area contributed by atoms with Crippen LogP contribution in [-0.4, -0.2) is 88.5 Å². The van der Waals surface area contributed by atoms with Gasteiger partial charge in [0, 0.05) is 6.42 Å². The van der Waals surface area contributed by atoms with Gasteiger partial charge in [-0.3, -0.25) is 9.59 Å². The highest BCUT2D eigenvalue weighted by Gasteiger charge is 2.26. The monoisotopic (exact) mass is 669 g/mol. The zero-order valence-corrected chi connectivity index (χ0v) is 32.9. The molecule has 0 amide bonds. The van der Waals surface area contributed by atoms with E-state index in [4.69, 9.17) is 9.47 Å². The van der Waals surface area contributed by atoms with Crippen LogP contribution in [-0.2, 0) is 19.1 Å². The fourth-order valence-corrected chi connectivity index (χ4v) is 6.39. The summed E-state index contributed by atoms with van der Waals surface area (Å²) < 4.78 is 12.8. The lowest BCUT2D eigenvalue weighted by Crippen LogP contribution is -2.49. The van der Waals surface area contributed by atoms with Crippen molar-refractivity contribution >= 4 is 11.9 Å². The molecular weight excluding hydrogens is 584 g/mol. The fraction of sp³-hybridized carbons (Fsp3) is 0.951. The zero-order chi connectivity index (χ0) is 34.9. The van der Waals surface area contributed by atoms with Crippen LogP contribution in [0.3, 0.4) is 0 Å². The van der Waals surface area contributed by atoms with Gasteiger partial charge < -0.3 is 18.4 Å². The number of unbranched alkanes of at least 4 members (excludes halogenated alkanes) is 22. The standard InChI is InChI=1S/C41H84N2O4/c1-7-9-11-13-15-17-19-21-23-25-27-29-38-46-40(44)32-36-43(6,35-31-34-42(3,4)5)37-33-41(45)47-39-30-28-26-24-22-20-18-16-14-12-10-8-2/h7-39H2,1-6H3/q+2. The third kappa shape index (κ3) is 34.5. The Bertz CT molecular complexity index is 660. The number of ether oxygens (including phenoxy) is 2. The van der Waals surface area contributed by atoms with E-state index in [-0.39, 0.29) is 11.9 Å². The summed E-state index contributed by atoms with van der Waals surface area (Å²) in [4.78, 5) is 25.2. The Morgan fingerprint density at radius 2 is 0.681 bits per heavy atom. The molecule has 0 atom stereocenters. The van der Waals surface area contributed by atoms with Crippen LogP contribution in [0.4, 0.5) is 0 Å². The minimum absolute atomic E-state index is 0.0985. The molecule has 0 aromatic rings. The first-order chi connectivity index (χ1) is 22.6. The van der Waals surface area contributed by atoms with Gasteiger partial charge >= 0.3 is 11.9 Å². The molecule has 0 aromatic heterocycles. The number of hydrogen-bond acceptors (Lipinski definition) is 4. The van der Waals surface area contributed by atoms with Crippen molar-refractivity contribution in [2.75, 3.05) is 67.6 Å². The summed E-state index contributed by atoms with van der Waals surface area (Å²) >= 11 is 0. The highest BCUT2D eigenvalue weighted by atomic mass is 16.5. The van der Waals surface area contributed by atoms with E-state index < -0.39 is 0 Å². The van der Waals surface area contributed by atoms with E-state index in [9.17, 15) is 9.59 Å². The van der Waals surface area contributed by atoms with Crippen LogP contribution in [0.25, 0.3) is 0 Å². The lowest BCUT2D eigenvalue weighted by atomic mass is 10.1. The summed E-state index contributed by atoms with van der Waals surface area (Å²) in [7, 11) is 8.82.